The number of carbonyl (C=O) groups is 1. The van der Waals surface area contributed by atoms with Crippen molar-refractivity contribution in [2.75, 3.05) is 26.0 Å². The van der Waals surface area contributed by atoms with E-state index in [0.717, 1.165) is 11.3 Å². The highest BCUT2D eigenvalue weighted by Gasteiger charge is 2.41. The van der Waals surface area contributed by atoms with Crippen LogP contribution >= 0.6 is 11.8 Å². The predicted molar refractivity (Wildman–Crippen MR) is 124 cm³/mol. The summed E-state index contributed by atoms with van der Waals surface area (Å²) in [4.78, 5) is 20.3. The van der Waals surface area contributed by atoms with Crippen LogP contribution in [-0.4, -0.2) is 53.4 Å². The van der Waals surface area contributed by atoms with Crippen molar-refractivity contribution in [3.63, 3.8) is 0 Å². The van der Waals surface area contributed by atoms with Gasteiger partial charge in [0.25, 0.3) is 0 Å². The largest absolute Gasteiger partial charge is 0.507 e. The number of ether oxygens (including phenoxy) is 1. The molecule has 1 spiro atoms. The first-order valence-corrected chi connectivity index (χ1v) is 12.0. The molecule has 6 nitrogen and oxygen atoms in total. The van der Waals surface area contributed by atoms with Crippen molar-refractivity contribution in [3.8, 4) is 5.75 Å². The smallest absolute Gasteiger partial charge is 0.409 e. The van der Waals surface area contributed by atoms with E-state index in [1.54, 1.807) is 22.7 Å². The lowest BCUT2D eigenvalue weighted by Crippen LogP contribution is -2.56. The highest BCUT2D eigenvalue weighted by atomic mass is 32.2. The zero-order valence-corrected chi connectivity index (χ0v) is 18.8. The van der Waals surface area contributed by atoms with Gasteiger partial charge in [0.1, 0.15) is 11.4 Å². The van der Waals surface area contributed by atoms with Gasteiger partial charge in [-0.1, -0.05) is 24.3 Å². The van der Waals surface area contributed by atoms with Gasteiger partial charge in [-0.25, -0.2) is 4.79 Å². The van der Waals surface area contributed by atoms with Crippen molar-refractivity contribution in [2.24, 2.45) is 4.99 Å². The van der Waals surface area contributed by atoms with Gasteiger partial charge in [0, 0.05) is 54.6 Å². The second kappa shape index (κ2) is 9.32. The Kier molecular flexibility index (Phi) is 6.53. The molecule has 1 saturated heterocycles. The third-order valence-electron chi connectivity index (χ3n) is 6.04. The third kappa shape index (κ3) is 4.72. The van der Waals surface area contributed by atoms with Crippen molar-refractivity contribution in [1.29, 1.82) is 0 Å². The van der Waals surface area contributed by atoms with Gasteiger partial charge in [-0.2, -0.15) is 0 Å². The summed E-state index contributed by atoms with van der Waals surface area (Å²) in [6.45, 7) is 3.37. The SMILES string of the molecule is CCOC(=O)N1CCC2(CC1)N=C(c1ccccc1O)CC(c1ccc(SC)cc1)N2. The number of rotatable bonds is 4. The van der Waals surface area contributed by atoms with E-state index in [2.05, 4.69) is 35.8 Å². The van der Waals surface area contributed by atoms with Crippen LogP contribution in [-0.2, 0) is 4.74 Å². The second-order valence-corrected chi connectivity index (χ2v) is 8.85. The standard InChI is InChI=1S/C24H29N3O3S/c1-3-30-23(29)27-14-12-24(13-15-27)25-20(17-8-10-18(31-2)11-9-17)16-21(26-24)19-6-4-5-7-22(19)28/h4-11,20,25,28H,3,12-16H2,1-2H3. The summed E-state index contributed by atoms with van der Waals surface area (Å²) in [5.41, 5.74) is 2.41. The molecule has 2 aliphatic heterocycles. The number of hydrogen-bond acceptors (Lipinski definition) is 6. The van der Waals surface area contributed by atoms with Crippen LogP contribution in [0.2, 0.25) is 0 Å². The quantitative estimate of drug-likeness (QED) is 0.682. The lowest BCUT2D eigenvalue weighted by atomic mass is 9.87. The molecule has 2 N–H and O–H groups in total. The predicted octanol–water partition coefficient (Wildman–Crippen LogP) is 4.59. The number of phenols is 1. The average Bonchev–Trinajstić information content (AvgIpc) is 2.80. The number of aromatic hydroxyl groups is 1. The number of thioether (sulfide) groups is 1. The first kappa shape index (κ1) is 21.7. The zero-order chi connectivity index (χ0) is 21.8. The minimum absolute atomic E-state index is 0.0807. The molecule has 2 aliphatic rings. The van der Waals surface area contributed by atoms with Crippen LogP contribution in [0.15, 0.2) is 58.4 Å². The van der Waals surface area contributed by atoms with E-state index in [1.807, 2.05) is 25.1 Å². The lowest BCUT2D eigenvalue weighted by molar-refractivity contribution is 0.0779. The Morgan fingerprint density at radius 3 is 2.58 bits per heavy atom. The summed E-state index contributed by atoms with van der Waals surface area (Å²) in [7, 11) is 0. The van der Waals surface area contributed by atoms with Gasteiger partial charge in [-0.3, -0.25) is 10.3 Å². The van der Waals surface area contributed by atoms with E-state index in [1.165, 1.54) is 10.5 Å². The molecule has 164 valence electrons. The summed E-state index contributed by atoms with van der Waals surface area (Å²) in [5.74, 6) is 0.249. The molecule has 0 bridgehead atoms. The van der Waals surface area contributed by atoms with Gasteiger partial charge >= 0.3 is 6.09 Å². The molecule has 2 aromatic carbocycles. The van der Waals surface area contributed by atoms with Crippen LogP contribution in [0.1, 0.15) is 43.4 Å². The van der Waals surface area contributed by atoms with Crippen molar-refractivity contribution >= 4 is 23.6 Å². The number of para-hydroxylation sites is 1. The number of aliphatic imine (C=N–C) groups is 1. The molecule has 1 amide bonds. The van der Waals surface area contributed by atoms with Gasteiger partial charge in [0.15, 0.2) is 0 Å². The number of benzene rings is 2. The highest BCUT2D eigenvalue weighted by Crippen LogP contribution is 2.36. The van der Waals surface area contributed by atoms with E-state index in [4.69, 9.17) is 9.73 Å². The van der Waals surface area contributed by atoms with E-state index in [-0.39, 0.29) is 17.9 Å². The van der Waals surface area contributed by atoms with E-state index < -0.39 is 5.66 Å². The van der Waals surface area contributed by atoms with Crippen LogP contribution in [0.5, 0.6) is 5.75 Å². The minimum atomic E-state index is -0.471. The molecule has 2 heterocycles. The number of likely N-dealkylation sites (tertiary alicyclic amines) is 1. The van der Waals surface area contributed by atoms with Gasteiger partial charge in [0.2, 0.25) is 0 Å². The zero-order valence-electron chi connectivity index (χ0n) is 18.0. The molecular formula is C24H29N3O3S. The van der Waals surface area contributed by atoms with Gasteiger partial charge in [-0.15, -0.1) is 11.8 Å². The number of phenolic OH excluding ortho intramolecular Hbond substituents is 1. The fourth-order valence-electron chi connectivity index (χ4n) is 4.36. The minimum Gasteiger partial charge on any atom is -0.507 e. The molecule has 0 saturated carbocycles. The third-order valence-corrected chi connectivity index (χ3v) is 6.78. The van der Waals surface area contributed by atoms with E-state index in [9.17, 15) is 9.90 Å². The van der Waals surface area contributed by atoms with Crippen LogP contribution in [0.3, 0.4) is 0 Å². The van der Waals surface area contributed by atoms with Crippen molar-refractivity contribution in [1.82, 2.24) is 10.2 Å². The number of hydrogen-bond donors (Lipinski definition) is 2. The van der Waals surface area contributed by atoms with Crippen LogP contribution < -0.4 is 5.32 Å². The number of piperidine rings is 1. The van der Waals surface area contributed by atoms with Crippen LogP contribution in [0.25, 0.3) is 0 Å². The topological polar surface area (TPSA) is 74.2 Å². The monoisotopic (exact) mass is 439 g/mol. The normalized spacial score (nSPS) is 20.4. The fraction of sp³-hybridized carbons (Fsp3) is 0.417. The van der Waals surface area contributed by atoms with Crippen molar-refractivity contribution < 1.29 is 14.6 Å². The Morgan fingerprint density at radius 1 is 1.23 bits per heavy atom. The van der Waals surface area contributed by atoms with Crippen molar-refractivity contribution in [3.05, 3.63) is 59.7 Å². The summed E-state index contributed by atoms with van der Waals surface area (Å²) in [6, 6.07) is 16.1. The highest BCUT2D eigenvalue weighted by molar-refractivity contribution is 7.98. The number of nitrogens with zero attached hydrogens (tertiary/aromatic N) is 2. The fourth-order valence-corrected chi connectivity index (χ4v) is 4.77. The maximum atomic E-state index is 12.2. The van der Waals surface area contributed by atoms with Crippen LogP contribution in [0, 0.1) is 0 Å². The van der Waals surface area contributed by atoms with E-state index >= 15 is 0 Å². The van der Waals surface area contributed by atoms with Gasteiger partial charge in [-0.05, 0) is 43.0 Å². The molecule has 1 fully saturated rings. The molecule has 31 heavy (non-hydrogen) atoms. The Labute approximate surface area is 187 Å². The molecule has 0 radical (unpaired) electrons. The Hall–Kier alpha value is -2.51. The first-order valence-electron chi connectivity index (χ1n) is 10.7. The molecule has 2 aromatic rings. The van der Waals surface area contributed by atoms with E-state index in [0.29, 0.717) is 39.0 Å². The maximum absolute atomic E-state index is 12.2. The molecule has 4 rings (SSSR count). The molecule has 7 heteroatoms. The Bertz CT molecular complexity index is 953. The van der Waals surface area contributed by atoms with Crippen molar-refractivity contribution in [2.45, 2.75) is 42.8 Å². The van der Waals surface area contributed by atoms with Crippen LogP contribution in [0.4, 0.5) is 4.79 Å². The second-order valence-electron chi connectivity index (χ2n) is 7.97. The van der Waals surface area contributed by atoms with Gasteiger partial charge in [0.05, 0.1) is 6.61 Å². The Balaban J connectivity index is 1.64. The maximum Gasteiger partial charge on any atom is 0.409 e. The number of amides is 1. The molecule has 0 aliphatic carbocycles. The molecule has 1 unspecified atom stereocenters. The number of nitrogens with one attached hydrogen (secondary N) is 1. The number of carbonyl (C=O) groups excluding carboxylic acids is 1. The molecule has 0 aromatic heterocycles. The molecule has 1 atom stereocenters. The lowest BCUT2D eigenvalue weighted by Gasteiger charge is -2.45. The summed E-state index contributed by atoms with van der Waals surface area (Å²) < 4.78 is 5.17. The summed E-state index contributed by atoms with van der Waals surface area (Å²) in [5, 5.41) is 14.3. The summed E-state index contributed by atoms with van der Waals surface area (Å²) >= 11 is 1.73. The summed E-state index contributed by atoms with van der Waals surface area (Å²) in [6.07, 6.45) is 3.90. The molecular weight excluding hydrogens is 410 g/mol. The first-order chi connectivity index (χ1) is 15.0. The van der Waals surface area contributed by atoms with Gasteiger partial charge < -0.3 is 14.7 Å². The Morgan fingerprint density at radius 2 is 1.94 bits per heavy atom. The average molecular weight is 440 g/mol.